The second kappa shape index (κ2) is 5.88. The Labute approximate surface area is 108 Å². The molecule has 1 atom stereocenters. The van der Waals surface area contributed by atoms with Gasteiger partial charge in [0.2, 0.25) is 0 Å². The Morgan fingerprint density at radius 3 is 2.59 bits per heavy atom. The molecule has 0 bridgehead atoms. The molecule has 0 aliphatic rings. The van der Waals surface area contributed by atoms with Crippen LogP contribution in [0.3, 0.4) is 0 Å². The number of hydrogen-bond donors (Lipinski definition) is 2. The van der Waals surface area contributed by atoms with Gasteiger partial charge in [-0.25, -0.2) is 0 Å². The Morgan fingerprint density at radius 1 is 1.47 bits per heavy atom. The van der Waals surface area contributed by atoms with Crippen LogP contribution in [0.4, 0.5) is 0 Å². The van der Waals surface area contributed by atoms with E-state index in [0.717, 1.165) is 0 Å². The lowest BCUT2D eigenvalue weighted by Gasteiger charge is -2.17. The van der Waals surface area contributed by atoms with E-state index in [-0.39, 0.29) is 6.42 Å². The zero-order chi connectivity index (χ0) is 13.0. The summed E-state index contributed by atoms with van der Waals surface area (Å²) in [4.78, 5) is 10.6. The van der Waals surface area contributed by atoms with Crippen LogP contribution in [0.1, 0.15) is 18.0 Å². The molecular formula is C11H14BrNO4. The van der Waals surface area contributed by atoms with Gasteiger partial charge in [0.05, 0.1) is 20.6 Å². The van der Waals surface area contributed by atoms with Crippen molar-refractivity contribution in [2.75, 3.05) is 14.2 Å². The first-order valence-corrected chi connectivity index (χ1v) is 5.68. The highest BCUT2D eigenvalue weighted by Crippen LogP contribution is 2.39. The fourth-order valence-electron chi connectivity index (χ4n) is 1.51. The van der Waals surface area contributed by atoms with Gasteiger partial charge >= 0.3 is 5.97 Å². The first-order valence-electron chi connectivity index (χ1n) is 4.89. The number of hydrogen-bond acceptors (Lipinski definition) is 4. The first kappa shape index (κ1) is 13.8. The monoisotopic (exact) mass is 303 g/mol. The van der Waals surface area contributed by atoms with Crippen molar-refractivity contribution in [2.45, 2.75) is 12.5 Å². The quantitative estimate of drug-likeness (QED) is 0.869. The van der Waals surface area contributed by atoms with Gasteiger partial charge in [0.15, 0.2) is 0 Å². The van der Waals surface area contributed by atoms with Crippen molar-refractivity contribution in [3.63, 3.8) is 0 Å². The minimum Gasteiger partial charge on any atom is -0.495 e. The predicted molar refractivity (Wildman–Crippen MR) is 66.4 cm³/mol. The Bertz CT molecular complexity index is 422. The molecule has 0 fully saturated rings. The van der Waals surface area contributed by atoms with E-state index in [2.05, 4.69) is 15.9 Å². The molecule has 5 nitrogen and oxygen atoms in total. The number of rotatable bonds is 5. The van der Waals surface area contributed by atoms with Crippen LogP contribution < -0.4 is 15.2 Å². The molecule has 17 heavy (non-hydrogen) atoms. The summed E-state index contributed by atoms with van der Waals surface area (Å²) in [5, 5.41) is 8.72. The van der Waals surface area contributed by atoms with E-state index in [4.69, 9.17) is 20.3 Å². The highest BCUT2D eigenvalue weighted by atomic mass is 79.9. The van der Waals surface area contributed by atoms with Crippen LogP contribution in [0.2, 0.25) is 0 Å². The molecule has 6 heteroatoms. The summed E-state index contributed by atoms with van der Waals surface area (Å²) >= 11 is 3.33. The summed E-state index contributed by atoms with van der Waals surface area (Å²) in [5.74, 6) is 0.151. The zero-order valence-electron chi connectivity index (χ0n) is 9.57. The topological polar surface area (TPSA) is 81.8 Å². The molecule has 1 unspecified atom stereocenters. The van der Waals surface area contributed by atoms with Crippen LogP contribution in [0.25, 0.3) is 0 Å². The van der Waals surface area contributed by atoms with Crippen molar-refractivity contribution >= 4 is 21.9 Å². The number of nitrogens with two attached hydrogens (primary N) is 1. The summed E-state index contributed by atoms with van der Waals surface area (Å²) in [6.07, 6.45) is -0.158. The fourth-order valence-corrected chi connectivity index (χ4v) is 2.19. The predicted octanol–water partition coefficient (Wildman–Crippen LogP) is 1.94. The van der Waals surface area contributed by atoms with Crippen molar-refractivity contribution in [1.29, 1.82) is 0 Å². The Morgan fingerprint density at radius 2 is 2.12 bits per heavy atom. The molecule has 1 aromatic carbocycles. The minimum atomic E-state index is -0.952. The van der Waals surface area contributed by atoms with Gasteiger partial charge in [-0.3, -0.25) is 4.79 Å². The molecule has 0 aromatic heterocycles. The molecule has 0 aliphatic carbocycles. The fraction of sp³-hybridized carbons (Fsp3) is 0.364. The van der Waals surface area contributed by atoms with E-state index < -0.39 is 12.0 Å². The largest absolute Gasteiger partial charge is 0.495 e. The van der Waals surface area contributed by atoms with Gasteiger partial charge in [-0.1, -0.05) is 0 Å². The van der Waals surface area contributed by atoms with Gasteiger partial charge in [-0.15, -0.1) is 0 Å². The molecule has 0 saturated carbocycles. The Hall–Kier alpha value is -1.27. The minimum absolute atomic E-state index is 0.158. The molecule has 0 amide bonds. The maximum absolute atomic E-state index is 10.6. The van der Waals surface area contributed by atoms with Crippen molar-refractivity contribution in [3.05, 3.63) is 22.2 Å². The number of ether oxygens (including phenoxy) is 2. The lowest BCUT2D eigenvalue weighted by Crippen LogP contribution is -2.16. The summed E-state index contributed by atoms with van der Waals surface area (Å²) in [7, 11) is 3.03. The maximum Gasteiger partial charge on any atom is 0.305 e. The second-order valence-corrected chi connectivity index (χ2v) is 4.20. The third kappa shape index (κ3) is 3.10. The smallest absolute Gasteiger partial charge is 0.305 e. The summed E-state index contributed by atoms with van der Waals surface area (Å²) in [6, 6.07) is 2.80. The van der Waals surface area contributed by atoms with E-state index >= 15 is 0 Å². The van der Waals surface area contributed by atoms with Crippen LogP contribution in [0, 0.1) is 0 Å². The average Bonchev–Trinajstić information content (AvgIpc) is 2.27. The van der Waals surface area contributed by atoms with E-state index in [9.17, 15) is 4.79 Å². The normalized spacial score (nSPS) is 12.0. The van der Waals surface area contributed by atoms with Crippen LogP contribution in [-0.2, 0) is 4.79 Å². The zero-order valence-corrected chi connectivity index (χ0v) is 11.2. The van der Waals surface area contributed by atoms with Crippen LogP contribution in [0.15, 0.2) is 16.6 Å². The summed E-state index contributed by atoms with van der Waals surface area (Å²) in [6.45, 7) is 0. The third-order valence-electron chi connectivity index (χ3n) is 2.31. The third-order valence-corrected chi connectivity index (χ3v) is 3.06. The van der Waals surface area contributed by atoms with Crippen molar-refractivity contribution in [2.24, 2.45) is 5.73 Å². The lowest BCUT2D eigenvalue weighted by molar-refractivity contribution is -0.137. The number of benzene rings is 1. The standard InChI is InChI=1S/C11H14BrNO4/c1-16-8-4-3-6(7(13)5-9(14)15)11(17-2)10(8)12/h3-4,7H,5,13H2,1-2H3,(H,14,15). The Kier molecular flexibility index (Phi) is 4.77. The molecule has 1 aromatic rings. The lowest BCUT2D eigenvalue weighted by atomic mass is 10.0. The number of halogens is 1. The van der Waals surface area contributed by atoms with E-state index in [0.29, 0.717) is 21.5 Å². The molecule has 0 saturated heterocycles. The number of carboxylic acid groups (broad SMARTS) is 1. The van der Waals surface area contributed by atoms with Gasteiger partial charge < -0.3 is 20.3 Å². The van der Waals surface area contributed by atoms with Crippen molar-refractivity contribution < 1.29 is 19.4 Å². The van der Waals surface area contributed by atoms with Gasteiger partial charge in [0.1, 0.15) is 16.0 Å². The molecule has 3 N–H and O–H groups in total. The van der Waals surface area contributed by atoms with E-state index in [1.807, 2.05) is 0 Å². The SMILES string of the molecule is COc1ccc(C(N)CC(=O)O)c(OC)c1Br. The van der Waals surface area contributed by atoms with Gasteiger partial charge in [-0.2, -0.15) is 0 Å². The molecule has 0 radical (unpaired) electrons. The van der Waals surface area contributed by atoms with Crippen molar-refractivity contribution in [3.8, 4) is 11.5 Å². The number of methoxy groups -OCH3 is 2. The number of carboxylic acids is 1. The van der Waals surface area contributed by atoms with Gasteiger partial charge in [0.25, 0.3) is 0 Å². The molecule has 0 heterocycles. The molecule has 0 aliphatic heterocycles. The van der Waals surface area contributed by atoms with Gasteiger partial charge in [-0.05, 0) is 28.1 Å². The summed E-state index contributed by atoms with van der Waals surface area (Å²) in [5.41, 5.74) is 6.44. The van der Waals surface area contributed by atoms with Crippen LogP contribution in [0.5, 0.6) is 11.5 Å². The number of carbonyl (C=O) groups is 1. The molecule has 1 rings (SSSR count). The summed E-state index contributed by atoms with van der Waals surface area (Å²) < 4.78 is 11.0. The first-order chi connectivity index (χ1) is 8.01. The second-order valence-electron chi connectivity index (χ2n) is 3.41. The van der Waals surface area contributed by atoms with Crippen molar-refractivity contribution in [1.82, 2.24) is 0 Å². The van der Waals surface area contributed by atoms with Gasteiger partial charge in [0, 0.05) is 11.6 Å². The average molecular weight is 304 g/mol. The van der Waals surface area contributed by atoms with Crippen LogP contribution >= 0.6 is 15.9 Å². The number of aliphatic carboxylic acids is 1. The van der Waals surface area contributed by atoms with E-state index in [1.165, 1.54) is 14.2 Å². The van der Waals surface area contributed by atoms with E-state index in [1.54, 1.807) is 12.1 Å². The molecular weight excluding hydrogens is 290 g/mol. The highest BCUT2D eigenvalue weighted by Gasteiger charge is 2.19. The highest BCUT2D eigenvalue weighted by molar-refractivity contribution is 9.10. The van der Waals surface area contributed by atoms with Crippen LogP contribution in [-0.4, -0.2) is 25.3 Å². The molecule has 0 spiro atoms. The maximum atomic E-state index is 10.6. The Balaban J connectivity index is 3.16. The molecule has 94 valence electrons.